The highest BCUT2D eigenvalue weighted by atomic mass is 35.5. The van der Waals surface area contributed by atoms with Crippen molar-refractivity contribution in [3.63, 3.8) is 0 Å². The minimum Gasteiger partial charge on any atom is -0.334 e. The lowest BCUT2D eigenvalue weighted by atomic mass is 10.1. The molecule has 0 unspecified atom stereocenters. The van der Waals surface area contributed by atoms with Crippen LogP contribution in [-0.4, -0.2) is 17.4 Å². The summed E-state index contributed by atoms with van der Waals surface area (Å²) in [6.07, 6.45) is 0.948. The van der Waals surface area contributed by atoms with Gasteiger partial charge in [0.15, 0.2) is 0 Å². The highest BCUT2D eigenvalue weighted by molar-refractivity contribution is 6.36. The van der Waals surface area contributed by atoms with Crippen LogP contribution in [0, 0.1) is 5.92 Å². The van der Waals surface area contributed by atoms with Crippen LogP contribution in [0.1, 0.15) is 36.2 Å². The molecule has 0 aliphatic carbocycles. The van der Waals surface area contributed by atoms with Gasteiger partial charge in [-0.25, -0.2) is 0 Å². The Morgan fingerprint density at radius 2 is 1.78 bits per heavy atom. The maximum absolute atomic E-state index is 12.9. The molecule has 2 nitrogen and oxygen atoms in total. The highest BCUT2D eigenvalue weighted by Crippen LogP contribution is 2.23. The first-order valence-corrected chi connectivity index (χ1v) is 8.51. The summed E-state index contributed by atoms with van der Waals surface area (Å²) in [7, 11) is 0. The van der Waals surface area contributed by atoms with Gasteiger partial charge >= 0.3 is 0 Å². The largest absolute Gasteiger partial charge is 0.334 e. The zero-order chi connectivity index (χ0) is 16.8. The molecule has 0 fully saturated rings. The average molecular weight is 350 g/mol. The summed E-state index contributed by atoms with van der Waals surface area (Å²) in [6.45, 7) is 5.58. The lowest BCUT2D eigenvalue weighted by Gasteiger charge is -2.24. The van der Waals surface area contributed by atoms with Crippen molar-refractivity contribution in [2.75, 3.05) is 6.54 Å². The molecule has 122 valence electrons. The molecule has 2 aromatic rings. The number of hydrogen-bond acceptors (Lipinski definition) is 1. The van der Waals surface area contributed by atoms with Gasteiger partial charge in [0, 0.05) is 18.1 Å². The second-order valence-electron chi connectivity index (χ2n) is 6.02. The SMILES string of the molecule is CC(C)CCN(Cc1ccccc1)C(=O)c1ccc(Cl)cc1Cl. The number of benzene rings is 2. The number of carbonyl (C=O) groups is 1. The quantitative estimate of drug-likeness (QED) is 0.656. The van der Waals surface area contributed by atoms with Crippen molar-refractivity contribution in [2.24, 2.45) is 5.92 Å². The van der Waals surface area contributed by atoms with Gasteiger partial charge in [0.2, 0.25) is 0 Å². The first-order chi connectivity index (χ1) is 11.0. The van der Waals surface area contributed by atoms with Crippen LogP contribution in [0.4, 0.5) is 0 Å². The van der Waals surface area contributed by atoms with Crippen LogP contribution in [0.15, 0.2) is 48.5 Å². The first kappa shape index (κ1) is 17.8. The molecule has 0 heterocycles. The fourth-order valence-electron chi connectivity index (χ4n) is 2.30. The topological polar surface area (TPSA) is 20.3 Å². The Kier molecular flexibility index (Phi) is 6.49. The predicted molar refractivity (Wildman–Crippen MR) is 97.1 cm³/mol. The summed E-state index contributed by atoms with van der Waals surface area (Å²) in [5.74, 6) is 0.470. The number of amides is 1. The van der Waals surface area contributed by atoms with E-state index in [1.54, 1.807) is 18.2 Å². The number of nitrogens with zero attached hydrogens (tertiary/aromatic N) is 1. The molecule has 0 saturated carbocycles. The minimum atomic E-state index is -0.0591. The van der Waals surface area contributed by atoms with Gasteiger partial charge in [-0.3, -0.25) is 4.79 Å². The van der Waals surface area contributed by atoms with Crippen molar-refractivity contribution < 1.29 is 4.79 Å². The van der Waals surface area contributed by atoms with Crippen LogP contribution >= 0.6 is 23.2 Å². The lowest BCUT2D eigenvalue weighted by Crippen LogP contribution is -2.32. The van der Waals surface area contributed by atoms with E-state index in [1.807, 2.05) is 35.2 Å². The maximum atomic E-state index is 12.9. The molecule has 2 aromatic carbocycles. The zero-order valence-electron chi connectivity index (χ0n) is 13.4. The van der Waals surface area contributed by atoms with E-state index in [4.69, 9.17) is 23.2 Å². The Morgan fingerprint density at radius 3 is 2.39 bits per heavy atom. The van der Waals surface area contributed by atoms with Crippen LogP contribution in [0.3, 0.4) is 0 Å². The van der Waals surface area contributed by atoms with E-state index in [-0.39, 0.29) is 5.91 Å². The molecule has 0 spiro atoms. The molecule has 0 aromatic heterocycles. The number of hydrogen-bond donors (Lipinski definition) is 0. The monoisotopic (exact) mass is 349 g/mol. The van der Waals surface area contributed by atoms with Gasteiger partial charge in [-0.2, -0.15) is 0 Å². The second-order valence-corrected chi connectivity index (χ2v) is 6.86. The van der Waals surface area contributed by atoms with E-state index in [1.165, 1.54) is 0 Å². The summed E-state index contributed by atoms with van der Waals surface area (Å²) in [4.78, 5) is 14.7. The molecular formula is C19H21Cl2NO. The molecule has 0 aliphatic heterocycles. The van der Waals surface area contributed by atoms with Gasteiger partial charge in [0.25, 0.3) is 5.91 Å². The number of carbonyl (C=O) groups excluding carboxylic acids is 1. The van der Waals surface area contributed by atoms with Crippen LogP contribution in [0.5, 0.6) is 0 Å². The maximum Gasteiger partial charge on any atom is 0.255 e. The van der Waals surface area contributed by atoms with Crippen molar-refractivity contribution >= 4 is 29.1 Å². The van der Waals surface area contributed by atoms with Crippen LogP contribution < -0.4 is 0 Å². The Hall–Kier alpha value is -1.51. The predicted octanol–water partition coefficient (Wildman–Crippen LogP) is 5.68. The standard InChI is InChI=1S/C19H21Cl2NO/c1-14(2)10-11-22(13-15-6-4-3-5-7-15)19(23)17-9-8-16(20)12-18(17)21/h3-9,12,14H,10-11,13H2,1-2H3. The van der Waals surface area contributed by atoms with Gasteiger partial charge < -0.3 is 4.90 Å². The minimum absolute atomic E-state index is 0.0591. The van der Waals surface area contributed by atoms with E-state index in [0.29, 0.717) is 34.6 Å². The first-order valence-electron chi connectivity index (χ1n) is 7.75. The molecule has 1 amide bonds. The molecule has 2 rings (SSSR count). The highest BCUT2D eigenvalue weighted by Gasteiger charge is 2.19. The van der Waals surface area contributed by atoms with Gasteiger partial charge in [0.1, 0.15) is 0 Å². The van der Waals surface area contributed by atoms with E-state index in [9.17, 15) is 4.79 Å². The van der Waals surface area contributed by atoms with Gasteiger partial charge in [-0.1, -0.05) is 67.4 Å². The number of halogens is 2. The molecule has 23 heavy (non-hydrogen) atoms. The van der Waals surface area contributed by atoms with Crippen molar-refractivity contribution in [1.29, 1.82) is 0 Å². The summed E-state index contributed by atoms with van der Waals surface area (Å²) in [5.41, 5.74) is 1.60. The Balaban J connectivity index is 2.22. The Labute approximate surface area is 148 Å². The molecule has 0 bridgehead atoms. The third-order valence-electron chi connectivity index (χ3n) is 3.64. The zero-order valence-corrected chi connectivity index (χ0v) is 14.9. The van der Waals surface area contributed by atoms with Crippen molar-refractivity contribution in [3.8, 4) is 0 Å². The van der Waals surface area contributed by atoms with E-state index >= 15 is 0 Å². The Morgan fingerprint density at radius 1 is 1.09 bits per heavy atom. The average Bonchev–Trinajstić information content (AvgIpc) is 2.51. The summed E-state index contributed by atoms with van der Waals surface area (Å²) in [5, 5.41) is 0.924. The van der Waals surface area contributed by atoms with Crippen LogP contribution in [0.25, 0.3) is 0 Å². The lowest BCUT2D eigenvalue weighted by molar-refractivity contribution is 0.0735. The van der Waals surface area contributed by atoms with Crippen molar-refractivity contribution in [2.45, 2.75) is 26.8 Å². The Bertz CT molecular complexity index is 656. The molecule has 0 atom stereocenters. The smallest absolute Gasteiger partial charge is 0.255 e. The number of rotatable bonds is 6. The van der Waals surface area contributed by atoms with Crippen molar-refractivity contribution in [3.05, 3.63) is 69.7 Å². The van der Waals surface area contributed by atoms with E-state index in [2.05, 4.69) is 13.8 Å². The van der Waals surface area contributed by atoms with Crippen molar-refractivity contribution in [1.82, 2.24) is 4.90 Å². The fraction of sp³-hybridized carbons (Fsp3) is 0.316. The molecule has 4 heteroatoms. The van der Waals surface area contributed by atoms with Gasteiger partial charge in [-0.05, 0) is 36.1 Å². The molecule has 0 radical (unpaired) electrons. The molecular weight excluding hydrogens is 329 g/mol. The van der Waals surface area contributed by atoms with Crippen LogP contribution in [-0.2, 0) is 6.54 Å². The summed E-state index contributed by atoms with van der Waals surface area (Å²) >= 11 is 12.1. The molecule has 0 aliphatic rings. The molecule has 0 saturated heterocycles. The fourth-order valence-corrected chi connectivity index (χ4v) is 2.79. The van der Waals surface area contributed by atoms with Gasteiger partial charge in [0.05, 0.1) is 10.6 Å². The summed E-state index contributed by atoms with van der Waals surface area (Å²) in [6, 6.07) is 15.0. The molecule has 0 N–H and O–H groups in total. The van der Waals surface area contributed by atoms with E-state index in [0.717, 1.165) is 12.0 Å². The van der Waals surface area contributed by atoms with Crippen LogP contribution in [0.2, 0.25) is 10.0 Å². The summed E-state index contributed by atoms with van der Waals surface area (Å²) < 4.78 is 0. The van der Waals surface area contributed by atoms with Gasteiger partial charge in [-0.15, -0.1) is 0 Å². The van der Waals surface area contributed by atoms with E-state index < -0.39 is 0 Å². The third kappa shape index (κ3) is 5.26. The third-order valence-corrected chi connectivity index (χ3v) is 4.19. The second kappa shape index (κ2) is 8.37. The normalized spacial score (nSPS) is 10.8.